The highest BCUT2D eigenvalue weighted by molar-refractivity contribution is 14.0. The molecular formula is C18H24F2IN3O2. The zero-order valence-corrected chi connectivity index (χ0v) is 17.0. The molecule has 2 rings (SSSR count). The fourth-order valence-corrected chi connectivity index (χ4v) is 2.22. The van der Waals surface area contributed by atoms with E-state index in [1.54, 1.807) is 13.3 Å². The molecule has 0 atom stereocenters. The average molecular weight is 479 g/mol. The third-order valence-corrected chi connectivity index (χ3v) is 3.50. The summed E-state index contributed by atoms with van der Waals surface area (Å²) in [7, 11) is 1.66. The molecule has 2 aromatic rings. The van der Waals surface area contributed by atoms with Crippen molar-refractivity contribution in [2.24, 2.45) is 4.99 Å². The van der Waals surface area contributed by atoms with Crippen LogP contribution in [-0.2, 0) is 17.8 Å². The molecule has 0 bridgehead atoms. The molecule has 0 spiro atoms. The summed E-state index contributed by atoms with van der Waals surface area (Å²) in [5.41, 5.74) is 0.342. The van der Waals surface area contributed by atoms with Crippen LogP contribution in [0.1, 0.15) is 17.7 Å². The van der Waals surface area contributed by atoms with E-state index in [9.17, 15) is 8.78 Å². The molecule has 1 aromatic carbocycles. The number of ether oxygens (including phenoxy) is 1. The normalized spacial score (nSPS) is 11.1. The predicted molar refractivity (Wildman–Crippen MR) is 108 cm³/mol. The number of guanidine groups is 1. The summed E-state index contributed by atoms with van der Waals surface area (Å²) in [5, 5.41) is 6.21. The van der Waals surface area contributed by atoms with Crippen LogP contribution >= 0.6 is 24.0 Å². The van der Waals surface area contributed by atoms with Crippen LogP contribution in [0.4, 0.5) is 8.78 Å². The summed E-state index contributed by atoms with van der Waals surface area (Å²) < 4.78 is 37.3. The van der Waals surface area contributed by atoms with Crippen molar-refractivity contribution in [3.8, 4) is 0 Å². The summed E-state index contributed by atoms with van der Waals surface area (Å²) in [6, 6.07) is 7.15. The van der Waals surface area contributed by atoms with E-state index in [2.05, 4.69) is 15.6 Å². The number of nitrogens with zero attached hydrogens (tertiary/aromatic N) is 1. The van der Waals surface area contributed by atoms with E-state index in [4.69, 9.17) is 9.15 Å². The number of aliphatic imine (C=N–C) groups is 1. The van der Waals surface area contributed by atoms with E-state index >= 15 is 0 Å². The zero-order valence-electron chi connectivity index (χ0n) is 14.6. The third-order valence-electron chi connectivity index (χ3n) is 3.50. The Hall–Kier alpha value is -1.68. The van der Waals surface area contributed by atoms with Crippen molar-refractivity contribution in [2.45, 2.75) is 19.4 Å². The Kier molecular flexibility index (Phi) is 10.9. The van der Waals surface area contributed by atoms with E-state index in [0.717, 1.165) is 24.3 Å². The van der Waals surface area contributed by atoms with Gasteiger partial charge in [0.1, 0.15) is 24.0 Å². The summed E-state index contributed by atoms with van der Waals surface area (Å²) in [4.78, 5) is 4.09. The van der Waals surface area contributed by atoms with Crippen LogP contribution in [0.2, 0.25) is 0 Å². The van der Waals surface area contributed by atoms with Gasteiger partial charge in [0, 0.05) is 26.7 Å². The number of benzene rings is 1. The van der Waals surface area contributed by atoms with Crippen molar-refractivity contribution in [3.63, 3.8) is 0 Å². The van der Waals surface area contributed by atoms with E-state index in [0.29, 0.717) is 44.2 Å². The fourth-order valence-electron chi connectivity index (χ4n) is 2.22. The molecule has 0 saturated heterocycles. The van der Waals surface area contributed by atoms with Crippen LogP contribution in [0, 0.1) is 11.6 Å². The van der Waals surface area contributed by atoms with Crippen LogP contribution in [0.3, 0.4) is 0 Å². The monoisotopic (exact) mass is 479 g/mol. The first kappa shape index (κ1) is 22.4. The highest BCUT2D eigenvalue weighted by Crippen LogP contribution is 2.09. The van der Waals surface area contributed by atoms with Crippen molar-refractivity contribution in [2.75, 3.05) is 26.7 Å². The smallest absolute Gasteiger partial charge is 0.190 e. The van der Waals surface area contributed by atoms with Crippen LogP contribution in [-0.4, -0.2) is 32.7 Å². The van der Waals surface area contributed by atoms with Gasteiger partial charge < -0.3 is 19.8 Å². The Bertz CT molecular complexity index is 666. The molecule has 0 fully saturated rings. The van der Waals surface area contributed by atoms with E-state index in [1.807, 2.05) is 12.1 Å². The summed E-state index contributed by atoms with van der Waals surface area (Å²) in [5.74, 6) is 0.575. The minimum Gasteiger partial charge on any atom is -0.467 e. The first-order chi connectivity index (χ1) is 12.2. The first-order valence-electron chi connectivity index (χ1n) is 8.17. The SMILES string of the molecule is CN=C(NCCCOCc1ccco1)NCCc1cc(F)ccc1F.I. The van der Waals surface area contributed by atoms with Gasteiger partial charge in [0.15, 0.2) is 5.96 Å². The highest BCUT2D eigenvalue weighted by atomic mass is 127. The van der Waals surface area contributed by atoms with E-state index < -0.39 is 11.6 Å². The largest absolute Gasteiger partial charge is 0.467 e. The molecule has 0 radical (unpaired) electrons. The van der Waals surface area contributed by atoms with Gasteiger partial charge in [-0.25, -0.2) is 8.78 Å². The minimum absolute atomic E-state index is 0. The van der Waals surface area contributed by atoms with Gasteiger partial charge in [0.2, 0.25) is 0 Å². The molecule has 2 N–H and O–H groups in total. The topological polar surface area (TPSA) is 58.8 Å². The lowest BCUT2D eigenvalue weighted by Crippen LogP contribution is -2.39. The number of furan rings is 1. The maximum atomic E-state index is 13.5. The molecular weight excluding hydrogens is 455 g/mol. The van der Waals surface area contributed by atoms with E-state index in [1.165, 1.54) is 6.07 Å². The highest BCUT2D eigenvalue weighted by Gasteiger charge is 2.04. The second-order valence-electron chi connectivity index (χ2n) is 5.40. The third kappa shape index (κ3) is 8.13. The number of hydrogen-bond donors (Lipinski definition) is 2. The maximum Gasteiger partial charge on any atom is 0.190 e. The molecule has 0 saturated carbocycles. The molecule has 26 heavy (non-hydrogen) atoms. The van der Waals surface area contributed by atoms with Crippen molar-refractivity contribution < 1.29 is 17.9 Å². The van der Waals surface area contributed by atoms with Gasteiger partial charge in [-0.1, -0.05) is 0 Å². The zero-order chi connectivity index (χ0) is 17.9. The summed E-state index contributed by atoms with van der Waals surface area (Å²) >= 11 is 0. The maximum absolute atomic E-state index is 13.5. The second kappa shape index (κ2) is 12.6. The van der Waals surface area contributed by atoms with Crippen LogP contribution < -0.4 is 10.6 Å². The second-order valence-corrected chi connectivity index (χ2v) is 5.40. The average Bonchev–Trinajstić information content (AvgIpc) is 3.12. The van der Waals surface area contributed by atoms with Gasteiger partial charge >= 0.3 is 0 Å². The Morgan fingerprint density at radius 3 is 2.73 bits per heavy atom. The van der Waals surface area contributed by atoms with Crippen LogP contribution in [0.25, 0.3) is 0 Å². The molecule has 0 aliphatic carbocycles. The number of hydrogen-bond acceptors (Lipinski definition) is 3. The molecule has 0 amide bonds. The lowest BCUT2D eigenvalue weighted by atomic mass is 10.1. The molecule has 0 aliphatic heterocycles. The molecule has 8 heteroatoms. The van der Waals surface area contributed by atoms with Crippen LogP contribution in [0.15, 0.2) is 46.0 Å². The van der Waals surface area contributed by atoms with Gasteiger partial charge in [-0.15, -0.1) is 24.0 Å². The Balaban J connectivity index is 0.00000338. The fraction of sp³-hybridized carbons (Fsp3) is 0.389. The molecule has 1 aromatic heterocycles. The van der Waals surface area contributed by atoms with Gasteiger partial charge in [-0.2, -0.15) is 0 Å². The first-order valence-corrected chi connectivity index (χ1v) is 8.17. The van der Waals surface area contributed by atoms with E-state index in [-0.39, 0.29) is 24.0 Å². The molecule has 0 unspecified atom stereocenters. The summed E-state index contributed by atoms with van der Waals surface area (Å²) in [6.07, 6.45) is 2.79. The number of rotatable bonds is 9. The van der Waals surface area contributed by atoms with Crippen molar-refractivity contribution in [1.29, 1.82) is 0 Å². The Morgan fingerprint density at radius 1 is 1.19 bits per heavy atom. The van der Waals surface area contributed by atoms with Gasteiger partial charge in [-0.05, 0) is 48.7 Å². The van der Waals surface area contributed by atoms with Gasteiger partial charge in [0.05, 0.1) is 6.26 Å². The predicted octanol–water partition coefficient (Wildman–Crippen LogP) is 3.49. The molecule has 1 heterocycles. The number of nitrogens with one attached hydrogen (secondary N) is 2. The van der Waals surface area contributed by atoms with Gasteiger partial charge in [-0.3, -0.25) is 4.99 Å². The standard InChI is InChI=1S/C18H23F2N3O2.HI/c1-21-18(22-8-3-10-24-13-16-4-2-11-25-16)23-9-7-14-12-15(19)5-6-17(14)20;/h2,4-6,11-12H,3,7-10,13H2,1H3,(H2,21,22,23);1H. The summed E-state index contributed by atoms with van der Waals surface area (Å²) in [6.45, 7) is 2.19. The quantitative estimate of drug-likeness (QED) is 0.250. The molecule has 0 aliphatic rings. The molecule has 5 nitrogen and oxygen atoms in total. The Morgan fingerprint density at radius 2 is 2.00 bits per heavy atom. The van der Waals surface area contributed by atoms with Crippen molar-refractivity contribution in [1.82, 2.24) is 10.6 Å². The number of halogens is 3. The lowest BCUT2D eigenvalue weighted by molar-refractivity contribution is 0.105. The van der Waals surface area contributed by atoms with Crippen molar-refractivity contribution >= 4 is 29.9 Å². The Labute approximate surface area is 169 Å². The minimum atomic E-state index is -0.437. The molecule has 144 valence electrons. The van der Waals surface area contributed by atoms with Gasteiger partial charge in [0.25, 0.3) is 0 Å². The van der Waals surface area contributed by atoms with Crippen molar-refractivity contribution in [3.05, 3.63) is 59.6 Å². The lowest BCUT2D eigenvalue weighted by Gasteiger charge is -2.12. The van der Waals surface area contributed by atoms with Crippen LogP contribution in [0.5, 0.6) is 0 Å².